The van der Waals surface area contributed by atoms with Crippen LogP contribution < -0.4 is 5.73 Å². The van der Waals surface area contributed by atoms with Crippen molar-refractivity contribution in [2.45, 2.75) is 32.4 Å². The minimum absolute atomic E-state index is 0.381. The summed E-state index contributed by atoms with van der Waals surface area (Å²) in [5.74, 6) is 0. The Balaban J connectivity index is 2.67. The van der Waals surface area contributed by atoms with Crippen molar-refractivity contribution in [1.29, 1.82) is 0 Å². The number of nitrogens with two attached hydrogens (primary N) is 1. The van der Waals surface area contributed by atoms with E-state index in [1.54, 1.807) is 13.8 Å². The van der Waals surface area contributed by atoms with Crippen molar-refractivity contribution < 1.29 is 5.11 Å². The monoisotopic (exact) mass is 229 g/mol. The highest BCUT2D eigenvalue weighted by molar-refractivity contribution is 5.89. The lowest BCUT2D eigenvalue weighted by Gasteiger charge is -2.27. The third-order valence-corrected chi connectivity index (χ3v) is 3.27. The molecule has 2 aromatic rings. The molecular weight excluding hydrogens is 210 g/mol. The fourth-order valence-electron chi connectivity index (χ4n) is 2.12. The van der Waals surface area contributed by atoms with Crippen LogP contribution in [0.3, 0.4) is 0 Å². The van der Waals surface area contributed by atoms with E-state index < -0.39 is 5.60 Å². The molecule has 3 N–H and O–H groups in total. The molecule has 90 valence electrons. The predicted octanol–water partition coefficient (Wildman–Crippen LogP) is 2.92. The SMILES string of the molecule is Cc1ccc([C@@H](N)C(C)(C)O)c2ccccc12. The van der Waals surface area contributed by atoms with Crippen molar-refractivity contribution in [1.82, 2.24) is 0 Å². The number of aliphatic hydroxyl groups is 1. The molecule has 0 spiro atoms. The number of aryl methyl sites for hydroxylation is 1. The normalized spacial score (nSPS) is 13.9. The lowest BCUT2D eigenvalue weighted by Crippen LogP contribution is -2.35. The van der Waals surface area contributed by atoms with Gasteiger partial charge in [-0.15, -0.1) is 0 Å². The van der Waals surface area contributed by atoms with Crippen LogP contribution in [0, 0.1) is 6.92 Å². The summed E-state index contributed by atoms with van der Waals surface area (Å²) in [5, 5.41) is 12.4. The van der Waals surface area contributed by atoms with Crippen molar-refractivity contribution in [2.75, 3.05) is 0 Å². The van der Waals surface area contributed by atoms with Gasteiger partial charge in [-0.1, -0.05) is 36.4 Å². The smallest absolute Gasteiger partial charge is 0.0783 e. The van der Waals surface area contributed by atoms with Gasteiger partial charge in [-0.3, -0.25) is 0 Å². The molecule has 2 nitrogen and oxygen atoms in total. The number of hydrogen-bond acceptors (Lipinski definition) is 2. The maximum absolute atomic E-state index is 10.0. The van der Waals surface area contributed by atoms with Crippen molar-refractivity contribution in [3.63, 3.8) is 0 Å². The third kappa shape index (κ3) is 2.19. The molecule has 0 aliphatic heterocycles. The van der Waals surface area contributed by atoms with Gasteiger partial charge in [0.2, 0.25) is 0 Å². The number of rotatable bonds is 2. The van der Waals surface area contributed by atoms with E-state index in [4.69, 9.17) is 5.73 Å². The number of fused-ring (bicyclic) bond motifs is 1. The van der Waals surface area contributed by atoms with Gasteiger partial charge in [0.05, 0.1) is 11.6 Å². The molecule has 0 amide bonds. The van der Waals surface area contributed by atoms with E-state index in [0.29, 0.717) is 0 Å². The van der Waals surface area contributed by atoms with E-state index in [-0.39, 0.29) is 6.04 Å². The zero-order chi connectivity index (χ0) is 12.6. The molecular formula is C15H19NO. The van der Waals surface area contributed by atoms with E-state index >= 15 is 0 Å². The van der Waals surface area contributed by atoms with Crippen molar-refractivity contribution >= 4 is 10.8 Å². The summed E-state index contributed by atoms with van der Waals surface area (Å²) in [7, 11) is 0. The second kappa shape index (κ2) is 4.13. The Kier molecular flexibility index (Phi) is 2.94. The van der Waals surface area contributed by atoms with E-state index in [1.165, 1.54) is 10.9 Å². The Morgan fingerprint density at radius 3 is 2.24 bits per heavy atom. The third-order valence-electron chi connectivity index (χ3n) is 3.27. The Labute approximate surface area is 102 Å². The quantitative estimate of drug-likeness (QED) is 0.831. The van der Waals surface area contributed by atoms with Gasteiger partial charge in [-0.2, -0.15) is 0 Å². The standard InChI is InChI=1S/C15H19NO/c1-10-8-9-13(14(16)15(2,3)17)12-7-5-4-6-11(10)12/h4-9,14,17H,16H2,1-3H3/t14-/m1/s1. The van der Waals surface area contributed by atoms with Crippen molar-refractivity contribution in [3.8, 4) is 0 Å². The molecule has 2 rings (SSSR count). The first-order valence-electron chi connectivity index (χ1n) is 5.87. The number of hydrogen-bond donors (Lipinski definition) is 2. The van der Waals surface area contributed by atoms with Crippen LogP contribution in [0.4, 0.5) is 0 Å². The minimum Gasteiger partial charge on any atom is -0.388 e. The molecule has 17 heavy (non-hydrogen) atoms. The van der Waals surface area contributed by atoms with Gasteiger partial charge in [-0.05, 0) is 42.7 Å². The molecule has 0 heterocycles. The first kappa shape index (κ1) is 12.1. The summed E-state index contributed by atoms with van der Waals surface area (Å²) < 4.78 is 0. The molecule has 2 aromatic carbocycles. The minimum atomic E-state index is -0.919. The van der Waals surface area contributed by atoms with E-state index in [0.717, 1.165) is 10.9 Å². The van der Waals surface area contributed by atoms with Crippen LogP contribution in [0.2, 0.25) is 0 Å². The second-order valence-corrected chi connectivity index (χ2v) is 5.15. The van der Waals surface area contributed by atoms with Gasteiger partial charge >= 0.3 is 0 Å². The summed E-state index contributed by atoms with van der Waals surface area (Å²) >= 11 is 0. The fourth-order valence-corrected chi connectivity index (χ4v) is 2.12. The lowest BCUT2D eigenvalue weighted by atomic mass is 9.88. The van der Waals surface area contributed by atoms with Gasteiger partial charge in [0, 0.05) is 0 Å². The molecule has 0 bridgehead atoms. The van der Waals surface area contributed by atoms with Crippen LogP contribution in [-0.2, 0) is 0 Å². The van der Waals surface area contributed by atoms with Crippen LogP contribution in [0.25, 0.3) is 10.8 Å². The van der Waals surface area contributed by atoms with Crippen molar-refractivity contribution in [3.05, 3.63) is 47.5 Å². The summed E-state index contributed by atoms with van der Waals surface area (Å²) in [6.07, 6.45) is 0. The first-order chi connectivity index (χ1) is 7.91. The molecule has 1 atom stereocenters. The predicted molar refractivity (Wildman–Crippen MR) is 71.9 cm³/mol. The molecule has 0 saturated carbocycles. The fraction of sp³-hybridized carbons (Fsp3) is 0.333. The molecule has 0 unspecified atom stereocenters. The largest absolute Gasteiger partial charge is 0.388 e. The molecule has 0 fully saturated rings. The van der Waals surface area contributed by atoms with Gasteiger partial charge in [0.1, 0.15) is 0 Å². The summed E-state index contributed by atoms with van der Waals surface area (Å²) in [5.41, 5.74) is 7.45. The molecule has 0 saturated heterocycles. The summed E-state index contributed by atoms with van der Waals surface area (Å²) in [6, 6.07) is 11.9. The molecule has 0 aromatic heterocycles. The molecule has 2 heteroatoms. The second-order valence-electron chi connectivity index (χ2n) is 5.15. The van der Waals surface area contributed by atoms with Crippen LogP contribution in [-0.4, -0.2) is 10.7 Å². The van der Waals surface area contributed by atoms with E-state index in [2.05, 4.69) is 25.1 Å². The summed E-state index contributed by atoms with van der Waals surface area (Å²) in [6.45, 7) is 5.57. The van der Waals surface area contributed by atoms with Gasteiger partial charge in [0.25, 0.3) is 0 Å². The molecule has 0 radical (unpaired) electrons. The highest BCUT2D eigenvalue weighted by atomic mass is 16.3. The van der Waals surface area contributed by atoms with Crippen LogP contribution >= 0.6 is 0 Å². The van der Waals surface area contributed by atoms with E-state index in [1.807, 2.05) is 18.2 Å². The van der Waals surface area contributed by atoms with E-state index in [9.17, 15) is 5.11 Å². The van der Waals surface area contributed by atoms with Crippen molar-refractivity contribution in [2.24, 2.45) is 5.73 Å². The van der Waals surface area contributed by atoms with Gasteiger partial charge in [0.15, 0.2) is 0 Å². The van der Waals surface area contributed by atoms with Gasteiger partial charge < -0.3 is 10.8 Å². The number of benzene rings is 2. The lowest BCUT2D eigenvalue weighted by molar-refractivity contribution is 0.0522. The molecule has 0 aliphatic carbocycles. The van der Waals surface area contributed by atoms with Crippen LogP contribution in [0.5, 0.6) is 0 Å². The highest BCUT2D eigenvalue weighted by Gasteiger charge is 2.25. The average Bonchev–Trinajstić information content (AvgIpc) is 2.28. The van der Waals surface area contributed by atoms with Crippen LogP contribution in [0.15, 0.2) is 36.4 Å². The first-order valence-corrected chi connectivity index (χ1v) is 5.87. The van der Waals surface area contributed by atoms with Crippen LogP contribution in [0.1, 0.15) is 31.0 Å². The average molecular weight is 229 g/mol. The Bertz CT molecular complexity index is 540. The zero-order valence-corrected chi connectivity index (χ0v) is 10.6. The summed E-state index contributed by atoms with van der Waals surface area (Å²) in [4.78, 5) is 0. The molecule has 0 aliphatic rings. The maximum Gasteiger partial charge on any atom is 0.0783 e. The highest BCUT2D eigenvalue weighted by Crippen LogP contribution is 2.30. The Hall–Kier alpha value is -1.38. The maximum atomic E-state index is 10.0. The zero-order valence-electron chi connectivity index (χ0n) is 10.6. The Morgan fingerprint density at radius 2 is 1.65 bits per heavy atom. The Morgan fingerprint density at radius 1 is 1.06 bits per heavy atom. The topological polar surface area (TPSA) is 46.2 Å². The van der Waals surface area contributed by atoms with Gasteiger partial charge in [-0.25, -0.2) is 0 Å².